The molecule has 1 aromatic heterocycles. The van der Waals surface area contributed by atoms with Crippen LogP contribution in [0.15, 0.2) is 47.3 Å². The number of furan rings is 1. The number of hydrogen-bond acceptors (Lipinski definition) is 4. The van der Waals surface area contributed by atoms with Crippen LogP contribution in [0, 0.1) is 5.82 Å². The number of ether oxygens (including phenoxy) is 2. The van der Waals surface area contributed by atoms with Crippen molar-refractivity contribution in [2.45, 2.75) is 6.10 Å². The van der Waals surface area contributed by atoms with Gasteiger partial charge in [-0.1, -0.05) is 6.07 Å². The number of nitrogens with zero attached hydrogens (tertiary/aromatic N) is 1. The lowest BCUT2D eigenvalue weighted by Crippen LogP contribution is -2.47. The summed E-state index contributed by atoms with van der Waals surface area (Å²) in [5.41, 5.74) is 0.520. The van der Waals surface area contributed by atoms with Gasteiger partial charge in [0, 0.05) is 12.6 Å². The summed E-state index contributed by atoms with van der Waals surface area (Å²) in [6, 6.07) is 7.57. The standard InChI is InChI=1S/C16H16FNO4/c17-13-2-1-3-14(8-13)22-11-15-9-18(5-7-21-15)16(19)12-4-6-20-10-12/h1-4,6,8,10,15H,5,7,9,11H2/t15-/m0/s1. The first-order chi connectivity index (χ1) is 10.7. The van der Waals surface area contributed by atoms with E-state index in [-0.39, 0.29) is 24.4 Å². The molecule has 1 aliphatic rings. The maximum atomic E-state index is 13.1. The smallest absolute Gasteiger partial charge is 0.257 e. The van der Waals surface area contributed by atoms with Gasteiger partial charge in [0.2, 0.25) is 0 Å². The van der Waals surface area contributed by atoms with E-state index in [1.54, 1.807) is 23.1 Å². The van der Waals surface area contributed by atoms with E-state index < -0.39 is 0 Å². The average molecular weight is 305 g/mol. The number of rotatable bonds is 4. The molecule has 1 aliphatic heterocycles. The van der Waals surface area contributed by atoms with Gasteiger partial charge >= 0.3 is 0 Å². The van der Waals surface area contributed by atoms with Crippen molar-refractivity contribution in [3.05, 3.63) is 54.2 Å². The second kappa shape index (κ2) is 6.62. The normalized spacial score (nSPS) is 18.2. The van der Waals surface area contributed by atoms with Gasteiger partial charge in [0.1, 0.15) is 30.5 Å². The number of morpholine rings is 1. The van der Waals surface area contributed by atoms with Crippen LogP contribution < -0.4 is 4.74 Å². The zero-order valence-corrected chi connectivity index (χ0v) is 11.9. The van der Waals surface area contributed by atoms with Crippen molar-refractivity contribution >= 4 is 5.91 Å². The van der Waals surface area contributed by atoms with Gasteiger partial charge < -0.3 is 18.8 Å². The van der Waals surface area contributed by atoms with Crippen molar-refractivity contribution < 1.29 is 23.1 Å². The molecule has 0 saturated carbocycles. The largest absolute Gasteiger partial charge is 0.491 e. The average Bonchev–Trinajstić information content (AvgIpc) is 3.07. The van der Waals surface area contributed by atoms with Crippen LogP contribution in [0.5, 0.6) is 5.75 Å². The maximum Gasteiger partial charge on any atom is 0.257 e. The first-order valence-electron chi connectivity index (χ1n) is 7.04. The zero-order valence-electron chi connectivity index (χ0n) is 11.9. The topological polar surface area (TPSA) is 51.9 Å². The van der Waals surface area contributed by atoms with Crippen LogP contribution in [-0.2, 0) is 4.74 Å². The lowest BCUT2D eigenvalue weighted by Gasteiger charge is -2.32. The van der Waals surface area contributed by atoms with Gasteiger partial charge in [0.25, 0.3) is 5.91 Å². The summed E-state index contributed by atoms with van der Waals surface area (Å²) in [6.45, 7) is 1.67. The second-order valence-electron chi connectivity index (χ2n) is 5.02. The minimum Gasteiger partial charge on any atom is -0.491 e. The van der Waals surface area contributed by atoms with E-state index in [0.717, 1.165) is 0 Å². The number of halogens is 1. The maximum absolute atomic E-state index is 13.1. The molecule has 1 saturated heterocycles. The number of carbonyl (C=O) groups is 1. The molecule has 0 bridgehead atoms. The van der Waals surface area contributed by atoms with Crippen LogP contribution in [0.25, 0.3) is 0 Å². The first kappa shape index (κ1) is 14.6. The van der Waals surface area contributed by atoms with Crippen molar-refractivity contribution in [3.8, 4) is 5.75 Å². The van der Waals surface area contributed by atoms with E-state index in [2.05, 4.69) is 0 Å². The third kappa shape index (κ3) is 3.46. The van der Waals surface area contributed by atoms with E-state index in [4.69, 9.17) is 13.9 Å². The van der Waals surface area contributed by atoms with Crippen molar-refractivity contribution in [3.63, 3.8) is 0 Å². The van der Waals surface area contributed by atoms with Gasteiger partial charge in [-0.3, -0.25) is 4.79 Å². The Hall–Kier alpha value is -2.34. The quantitative estimate of drug-likeness (QED) is 0.870. The van der Waals surface area contributed by atoms with Crippen LogP contribution in [0.4, 0.5) is 4.39 Å². The summed E-state index contributed by atoms with van der Waals surface area (Å²) in [5.74, 6) is 0.00788. The summed E-state index contributed by atoms with van der Waals surface area (Å²) < 4.78 is 29.1. The third-order valence-electron chi connectivity index (χ3n) is 3.43. The molecular weight excluding hydrogens is 289 g/mol. The van der Waals surface area contributed by atoms with Gasteiger partial charge in [-0.2, -0.15) is 0 Å². The van der Waals surface area contributed by atoms with Crippen molar-refractivity contribution in [2.75, 3.05) is 26.3 Å². The van der Waals surface area contributed by atoms with Crippen molar-refractivity contribution in [2.24, 2.45) is 0 Å². The molecule has 1 atom stereocenters. The number of hydrogen-bond donors (Lipinski definition) is 0. The summed E-state index contributed by atoms with van der Waals surface area (Å²) in [6.07, 6.45) is 2.65. The Morgan fingerprint density at radius 3 is 3.09 bits per heavy atom. The van der Waals surface area contributed by atoms with Crippen LogP contribution in [0.2, 0.25) is 0 Å². The molecule has 0 N–H and O–H groups in total. The van der Waals surface area contributed by atoms with Crippen LogP contribution >= 0.6 is 0 Å². The lowest BCUT2D eigenvalue weighted by molar-refractivity contribution is -0.0401. The van der Waals surface area contributed by atoms with Crippen LogP contribution in [-0.4, -0.2) is 43.2 Å². The fourth-order valence-electron chi connectivity index (χ4n) is 2.32. The summed E-state index contributed by atoms with van der Waals surface area (Å²) in [5, 5.41) is 0. The van der Waals surface area contributed by atoms with E-state index in [9.17, 15) is 9.18 Å². The highest BCUT2D eigenvalue weighted by Gasteiger charge is 2.26. The molecule has 0 radical (unpaired) electrons. The Labute approximate surface area is 127 Å². The van der Waals surface area contributed by atoms with E-state index in [0.29, 0.717) is 31.0 Å². The number of amides is 1. The molecule has 116 valence electrons. The minimum atomic E-state index is -0.348. The van der Waals surface area contributed by atoms with Crippen molar-refractivity contribution in [1.29, 1.82) is 0 Å². The fourth-order valence-corrected chi connectivity index (χ4v) is 2.32. The van der Waals surface area contributed by atoms with Gasteiger partial charge in [0.05, 0.1) is 25.0 Å². The first-order valence-corrected chi connectivity index (χ1v) is 7.04. The van der Waals surface area contributed by atoms with Gasteiger partial charge in [-0.25, -0.2) is 4.39 Å². The lowest BCUT2D eigenvalue weighted by atomic mass is 10.2. The zero-order chi connectivity index (χ0) is 15.4. The second-order valence-corrected chi connectivity index (χ2v) is 5.02. The van der Waals surface area contributed by atoms with E-state index in [1.807, 2.05) is 0 Å². The number of carbonyl (C=O) groups excluding carboxylic acids is 1. The molecule has 1 fully saturated rings. The van der Waals surface area contributed by atoms with Crippen LogP contribution in [0.1, 0.15) is 10.4 Å². The molecule has 2 aromatic rings. The fraction of sp³-hybridized carbons (Fsp3) is 0.312. The molecule has 3 rings (SSSR count). The third-order valence-corrected chi connectivity index (χ3v) is 3.43. The molecule has 0 unspecified atom stereocenters. The summed E-state index contributed by atoms with van der Waals surface area (Å²) >= 11 is 0. The minimum absolute atomic E-state index is 0.0900. The Balaban J connectivity index is 1.55. The molecule has 1 aromatic carbocycles. The Kier molecular flexibility index (Phi) is 4.39. The molecule has 6 heteroatoms. The molecule has 5 nitrogen and oxygen atoms in total. The SMILES string of the molecule is O=C(c1ccoc1)N1CCO[C@H](COc2cccc(F)c2)C1. The predicted molar refractivity (Wildman–Crippen MR) is 76.2 cm³/mol. The molecular formula is C16H16FNO4. The highest BCUT2D eigenvalue weighted by atomic mass is 19.1. The highest BCUT2D eigenvalue weighted by molar-refractivity contribution is 5.93. The molecule has 0 aliphatic carbocycles. The van der Waals surface area contributed by atoms with Crippen molar-refractivity contribution in [1.82, 2.24) is 4.90 Å². The predicted octanol–water partition coefficient (Wildman–Crippen LogP) is 2.34. The molecule has 1 amide bonds. The van der Waals surface area contributed by atoms with E-state index in [1.165, 1.54) is 24.7 Å². The molecule has 22 heavy (non-hydrogen) atoms. The van der Waals surface area contributed by atoms with Gasteiger partial charge in [-0.15, -0.1) is 0 Å². The molecule has 2 heterocycles. The van der Waals surface area contributed by atoms with E-state index >= 15 is 0 Å². The Bertz CT molecular complexity index is 629. The van der Waals surface area contributed by atoms with Crippen LogP contribution in [0.3, 0.4) is 0 Å². The van der Waals surface area contributed by atoms with Gasteiger partial charge in [0.15, 0.2) is 0 Å². The summed E-state index contributed by atoms with van der Waals surface area (Å²) in [4.78, 5) is 13.9. The summed E-state index contributed by atoms with van der Waals surface area (Å²) in [7, 11) is 0. The highest BCUT2D eigenvalue weighted by Crippen LogP contribution is 2.15. The number of benzene rings is 1. The Morgan fingerprint density at radius 2 is 2.32 bits per heavy atom. The molecule has 0 spiro atoms. The monoisotopic (exact) mass is 305 g/mol. The Morgan fingerprint density at radius 1 is 1.41 bits per heavy atom. The van der Waals surface area contributed by atoms with Gasteiger partial charge in [-0.05, 0) is 18.2 Å².